The summed E-state index contributed by atoms with van der Waals surface area (Å²) in [5, 5.41) is 9.54. The Balaban J connectivity index is 2.44. The van der Waals surface area contributed by atoms with Gasteiger partial charge in [-0.05, 0) is 0 Å². The second-order valence-electron chi connectivity index (χ2n) is 4.05. The van der Waals surface area contributed by atoms with Gasteiger partial charge in [0.05, 0.1) is 19.0 Å². The zero-order chi connectivity index (χ0) is 12.4. The Kier molecular flexibility index (Phi) is 3.21. The van der Waals surface area contributed by atoms with E-state index >= 15 is 0 Å². The van der Waals surface area contributed by atoms with Crippen LogP contribution in [0.15, 0.2) is 12.7 Å². The molecule has 0 radical (unpaired) electrons. The summed E-state index contributed by atoms with van der Waals surface area (Å²) in [5.74, 6) is 0.760. The molecule has 0 bridgehead atoms. The lowest BCUT2D eigenvalue weighted by Gasteiger charge is -2.11. The maximum absolute atomic E-state index is 9.54. The Bertz CT molecular complexity index is 508. The minimum absolute atomic E-state index is 0.214. The molecular weight excluding hydrogens is 220 g/mol. The van der Waals surface area contributed by atoms with Crippen LogP contribution >= 0.6 is 0 Å². The second-order valence-corrected chi connectivity index (χ2v) is 4.05. The molecule has 0 aliphatic carbocycles. The van der Waals surface area contributed by atoms with Crippen molar-refractivity contribution < 1.29 is 5.11 Å². The van der Waals surface area contributed by atoms with Gasteiger partial charge in [-0.15, -0.1) is 0 Å². The molecule has 3 N–H and O–H groups in total. The first-order valence-electron chi connectivity index (χ1n) is 5.34. The third-order valence-corrected chi connectivity index (χ3v) is 2.49. The van der Waals surface area contributed by atoms with Gasteiger partial charge in [-0.3, -0.25) is 0 Å². The first-order chi connectivity index (χ1) is 8.13. The van der Waals surface area contributed by atoms with Crippen molar-refractivity contribution in [1.82, 2.24) is 19.5 Å². The normalized spacial score (nSPS) is 12.9. The highest BCUT2D eigenvalue weighted by Crippen LogP contribution is 2.19. The minimum atomic E-state index is -0.592. The van der Waals surface area contributed by atoms with E-state index in [2.05, 4.69) is 15.0 Å². The van der Waals surface area contributed by atoms with Crippen molar-refractivity contribution in [3.8, 4) is 0 Å². The van der Waals surface area contributed by atoms with Crippen molar-refractivity contribution in [1.29, 1.82) is 0 Å². The molecular formula is C10H16N6O. The molecule has 0 fully saturated rings. The fraction of sp³-hybridized carbons (Fsp3) is 0.500. The Morgan fingerprint density at radius 3 is 2.82 bits per heavy atom. The van der Waals surface area contributed by atoms with Gasteiger partial charge >= 0.3 is 0 Å². The van der Waals surface area contributed by atoms with E-state index < -0.39 is 6.10 Å². The average Bonchev–Trinajstić information content (AvgIpc) is 2.72. The number of fused-ring (bicyclic) bond motifs is 1. The summed E-state index contributed by atoms with van der Waals surface area (Å²) in [6, 6.07) is 0. The van der Waals surface area contributed by atoms with Crippen LogP contribution in [0.4, 0.5) is 5.82 Å². The molecule has 0 saturated carbocycles. The predicted molar refractivity (Wildman–Crippen MR) is 64.7 cm³/mol. The van der Waals surface area contributed by atoms with E-state index in [1.807, 2.05) is 19.0 Å². The van der Waals surface area contributed by atoms with Crippen LogP contribution in [0.3, 0.4) is 0 Å². The number of aromatic nitrogens is 4. The summed E-state index contributed by atoms with van der Waals surface area (Å²) < 4.78 is 1.78. The number of hydrogen-bond donors (Lipinski definition) is 2. The molecule has 92 valence electrons. The van der Waals surface area contributed by atoms with E-state index in [-0.39, 0.29) is 6.54 Å². The third-order valence-electron chi connectivity index (χ3n) is 2.49. The van der Waals surface area contributed by atoms with Gasteiger partial charge in [-0.1, -0.05) is 0 Å². The Hall–Kier alpha value is -1.73. The number of rotatable bonds is 4. The number of nitrogens with two attached hydrogens (primary N) is 1. The molecule has 0 aromatic carbocycles. The lowest BCUT2D eigenvalue weighted by atomic mass is 10.3. The number of hydrogen-bond acceptors (Lipinski definition) is 6. The summed E-state index contributed by atoms with van der Waals surface area (Å²) in [6.07, 6.45) is 2.54. The molecule has 1 atom stereocenters. The van der Waals surface area contributed by atoms with Gasteiger partial charge < -0.3 is 20.3 Å². The standard InChI is InChI=1S/C10H16N6O/c1-15(2)9-8-10(13-5-12-9)16(6-14-8)4-7(17)3-11/h5-7,17H,3-4,11H2,1-2H3/t7-/m1/s1. The first-order valence-corrected chi connectivity index (χ1v) is 5.34. The Morgan fingerprint density at radius 2 is 2.18 bits per heavy atom. The van der Waals surface area contributed by atoms with Crippen molar-refractivity contribution >= 4 is 17.0 Å². The molecule has 0 spiro atoms. The summed E-state index contributed by atoms with van der Waals surface area (Å²) in [6.45, 7) is 0.599. The zero-order valence-corrected chi connectivity index (χ0v) is 9.91. The minimum Gasteiger partial charge on any atom is -0.390 e. The zero-order valence-electron chi connectivity index (χ0n) is 9.91. The molecule has 0 aliphatic rings. The molecule has 0 aliphatic heterocycles. The number of aliphatic hydroxyl groups excluding tert-OH is 1. The van der Waals surface area contributed by atoms with Gasteiger partial charge in [0.25, 0.3) is 0 Å². The number of anilines is 1. The van der Waals surface area contributed by atoms with E-state index in [0.29, 0.717) is 12.2 Å². The van der Waals surface area contributed by atoms with Crippen molar-refractivity contribution in [2.75, 3.05) is 25.5 Å². The van der Waals surface area contributed by atoms with Gasteiger partial charge in [0.2, 0.25) is 0 Å². The molecule has 0 amide bonds. The quantitative estimate of drug-likeness (QED) is 0.722. The van der Waals surface area contributed by atoms with Crippen LogP contribution in [0.5, 0.6) is 0 Å². The molecule has 2 heterocycles. The maximum atomic E-state index is 9.54. The van der Waals surface area contributed by atoms with Crippen LogP contribution in [-0.2, 0) is 6.54 Å². The molecule has 0 unspecified atom stereocenters. The largest absolute Gasteiger partial charge is 0.390 e. The van der Waals surface area contributed by atoms with E-state index in [0.717, 1.165) is 11.3 Å². The number of nitrogens with zero attached hydrogens (tertiary/aromatic N) is 5. The van der Waals surface area contributed by atoms with Crippen LogP contribution in [-0.4, -0.2) is 51.4 Å². The van der Waals surface area contributed by atoms with Crippen LogP contribution in [0.2, 0.25) is 0 Å². The van der Waals surface area contributed by atoms with Crippen molar-refractivity contribution in [3.05, 3.63) is 12.7 Å². The summed E-state index contributed by atoms with van der Waals surface area (Å²) in [4.78, 5) is 14.5. The molecule has 17 heavy (non-hydrogen) atoms. The SMILES string of the molecule is CN(C)c1ncnc2c1ncn2C[C@H](O)CN. The lowest BCUT2D eigenvalue weighted by Crippen LogP contribution is -2.25. The van der Waals surface area contributed by atoms with E-state index in [4.69, 9.17) is 5.73 Å². The smallest absolute Gasteiger partial charge is 0.165 e. The molecule has 2 aromatic rings. The van der Waals surface area contributed by atoms with E-state index in [1.54, 1.807) is 10.9 Å². The van der Waals surface area contributed by atoms with Gasteiger partial charge in [0.1, 0.15) is 6.33 Å². The number of aliphatic hydroxyl groups is 1. The molecule has 2 rings (SSSR count). The lowest BCUT2D eigenvalue weighted by molar-refractivity contribution is 0.163. The van der Waals surface area contributed by atoms with Crippen LogP contribution in [0, 0.1) is 0 Å². The fourth-order valence-electron chi connectivity index (χ4n) is 1.63. The highest BCUT2D eigenvalue weighted by Gasteiger charge is 2.12. The summed E-state index contributed by atoms with van der Waals surface area (Å²) in [5.41, 5.74) is 6.81. The van der Waals surface area contributed by atoms with Gasteiger partial charge in [0.15, 0.2) is 17.0 Å². The molecule has 0 saturated heterocycles. The number of imidazole rings is 1. The van der Waals surface area contributed by atoms with E-state index in [1.165, 1.54) is 6.33 Å². The monoisotopic (exact) mass is 236 g/mol. The fourth-order valence-corrected chi connectivity index (χ4v) is 1.63. The predicted octanol–water partition coefficient (Wildman–Crippen LogP) is -0.788. The highest BCUT2D eigenvalue weighted by molar-refractivity contribution is 5.82. The second kappa shape index (κ2) is 4.64. The Morgan fingerprint density at radius 1 is 1.41 bits per heavy atom. The highest BCUT2D eigenvalue weighted by atomic mass is 16.3. The van der Waals surface area contributed by atoms with Crippen LogP contribution in [0.25, 0.3) is 11.2 Å². The Labute approximate surface area is 98.9 Å². The average molecular weight is 236 g/mol. The van der Waals surface area contributed by atoms with Gasteiger partial charge in [-0.2, -0.15) is 0 Å². The summed E-state index contributed by atoms with van der Waals surface area (Å²) in [7, 11) is 3.80. The molecule has 2 aromatic heterocycles. The van der Waals surface area contributed by atoms with E-state index in [9.17, 15) is 5.11 Å². The van der Waals surface area contributed by atoms with Crippen LogP contribution in [0.1, 0.15) is 0 Å². The molecule has 7 heteroatoms. The van der Waals surface area contributed by atoms with Gasteiger partial charge in [-0.25, -0.2) is 15.0 Å². The summed E-state index contributed by atoms with van der Waals surface area (Å²) >= 11 is 0. The van der Waals surface area contributed by atoms with Crippen molar-refractivity contribution in [3.63, 3.8) is 0 Å². The van der Waals surface area contributed by atoms with Crippen molar-refractivity contribution in [2.45, 2.75) is 12.6 Å². The topological polar surface area (TPSA) is 93.1 Å². The maximum Gasteiger partial charge on any atom is 0.165 e. The molecule has 7 nitrogen and oxygen atoms in total. The van der Waals surface area contributed by atoms with Crippen molar-refractivity contribution in [2.24, 2.45) is 5.73 Å². The third kappa shape index (κ3) is 2.20. The van der Waals surface area contributed by atoms with Crippen LogP contribution < -0.4 is 10.6 Å². The first kappa shape index (κ1) is 11.7. The van der Waals surface area contributed by atoms with Gasteiger partial charge in [0, 0.05) is 20.6 Å².